The van der Waals surface area contributed by atoms with E-state index < -0.39 is 0 Å². The molecule has 0 aromatic heterocycles. The second-order valence-electron chi connectivity index (χ2n) is 3.62. The van der Waals surface area contributed by atoms with Gasteiger partial charge in [-0.25, -0.2) is 0 Å². The highest BCUT2D eigenvalue weighted by atomic mass is 16.5. The molecule has 1 N–H and O–H groups in total. The van der Waals surface area contributed by atoms with Crippen LogP contribution in [0, 0.1) is 0 Å². The van der Waals surface area contributed by atoms with Gasteiger partial charge >= 0.3 is 0 Å². The predicted molar refractivity (Wildman–Crippen MR) is 63.9 cm³/mol. The van der Waals surface area contributed by atoms with Gasteiger partial charge in [0.05, 0.1) is 7.11 Å². The van der Waals surface area contributed by atoms with Crippen molar-refractivity contribution in [3.8, 4) is 11.5 Å². The fraction of sp³-hybridized carbons (Fsp3) is 0.143. The van der Waals surface area contributed by atoms with Crippen molar-refractivity contribution >= 4 is 0 Å². The molecule has 0 fully saturated rings. The fourth-order valence-corrected chi connectivity index (χ4v) is 1.72. The molecule has 0 unspecified atom stereocenters. The zero-order chi connectivity index (χ0) is 11.4. The molecular formula is C14H14O2. The molecule has 82 valence electrons. The van der Waals surface area contributed by atoms with Crippen molar-refractivity contribution in [3.05, 3.63) is 59.7 Å². The van der Waals surface area contributed by atoms with Gasteiger partial charge in [-0.2, -0.15) is 0 Å². The van der Waals surface area contributed by atoms with E-state index in [0.29, 0.717) is 6.42 Å². The van der Waals surface area contributed by atoms with Crippen molar-refractivity contribution in [2.45, 2.75) is 6.42 Å². The van der Waals surface area contributed by atoms with Crippen molar-refractivity contribution in [2.24, 2.45) is 0 Å². The Bertz CT molecular complexity index is 463. The number of phenolic OH excluding ortho intramolecular Hbond substituents is 1. The zero-order valence-electron chi connectivity index (χ0n) is 9.18. The van der Waals surface area contributed by atoms with Crippen LogP contribution in [0.1, 0.15) is 11.1 Å². The first-order valence-electron chi connectivity index (χ1n) is 5.20. The van der Waals surface area contributed by atoms with Gasteiger partial charge in [-0.1, -0.05) is 36.4 Å². The molecule has 0 heterocycles. The third-order valence-electron chi connectivity index (χ3n) is 2.55. The molecule has 0 atom stereocenters. The summed E-state index contributed by atoms with van der Waals surface area (Å²) in [6, 6.07) is 15.3. The molecule has 0 aliphatic carbocycles. The SMILES string of the molecule is COc1cccc(O)c1Cc1ccccc1. The van der Waals surface area contributed by atoms with E-state index in [4.69, 9.17) is 4.74 Å². The molecule has 0 aliphatic heterocycles. The van der Waals surface area contributed by atoms with Gasteiger partial charge in [-0.15, -0.1) is 0 Å². The Kier molecular flexibility index (Phi) is 3.10. The van der Waals surface area contributed by atoms with Crippen LogP contribution in [0.15, 0.2) is 48.5 Å². The summed E-state index contributed by atoms with van der Waals surface area (Å²) in [6.45, 7) is 0. The van der Waals surface area contributed by atoms with E-state index >= 15 is 0 Å². The number of benzene rings is 2. The molecule has 16 heavy (non-hydrogen) atoms. The average molecular weight is 214 g/mol. The summed E-state index contributed by atoms with van der Waals surface area (Å²) in [6.07, 6.45) is 0.677. The van der Waals surface area contributed by atoms with E-state index in [1.807, 2.05) is 36.4 Å². The van der Waals surface area contributed by atoms with Crippen LogP contribution in [0.4, 0.5) is 0 Å². The van der Waals surface area contributed by atoms with Crippen LogP contribution in [0.5, 0.6) is 11.5 Å². The van der Waals surface area contributed by atoms with Gasteiger partial charge in [-0.05, 0) is 17.7 Å². The van der Waals surface area contributed by atoms with Crippen molar-refractivity contribution in [3.63, 3.8) is 0 Å². The van der Waals surface area contributed by atoms with Crippen LogP contribution in [0.2, 0.25) is 0 Å². The van der Waals surface area contributed by atoms with Crippen molar-refractivity contribution in [1.82, 2.24) is 0 Å². The Morgan fingerprint density at radius 2 is 1.75 bits per heavy atom. The van der Waals surface area contributed by atoms with Crippen LogP contribution < -0.4 is 4.74 Å². The summed E-state index contributed by atoms with van der Waals surface area (Å²) in [5.74, 6) is 1.01. The van der Waals surface area contributed by atoms with Gasteiger partial charge in [0.1, 0.15) is 11.5 Å². The second-order valence-corrected chi connectivity index (χ2v) is 3.62. The molecule has 2 nitrogen and oxygen atoms in total. The highest BCUT2D eigenvalue weighted by Crippen LogP contribution is 2.29. The highest BCUT2D eigenvalue weighted by Gasteiger charge is 2.08. The summed E-state index contributed by atoms with van der Waals surface area (Å²) in [4.78, 5) is 0. The number of aromatic hydroxyl groups is 1. The number of phenols is 1. The van der Waals surface area contributed by atoms with Gasteiger partial charge in [0.25, 0.3) is 0 Å². The number of hydrogen-bond acceptors (Lipinski definition) is 2. The molecule has 0 saturated heterocycles. The van der Waals surface area contributed by atoms with Gasteiger partial charge < -0.3 is 9.84 Å². The van der Waals surface area contributed by atoms with Crippen LogP contribution in [0.3, 0.4) is 0 Å². The van der Waals surface area contributed by atoms with Crippen LogP contribution >= 0.6 is 0 Å². The Morgan fingerprint density at radius 1 is 1.00 bits per heavy atom. The van der Waals surface area contributed by atoms with Gasteiger partial charge in [-0.3, -0.25) is 0 Å². The van der Waals surface area contributed by atoms with Gasteiger partial charge in [0.2, 0.25) is 0 Å². The first-order chi connectivity index (χ1) is 7.81. The molecule has 0 saturated carbocycles. The third-order valence-corrected chi connectivity index (χ3v) is 2.55. The van der Waals surface area contributed by atoms with E-state index in [1.165, 1.54) is 0 Å². The molecule has 2 aromatic rings. The minimum Gasteiger partial charge on any atom is -0.508 e. The Labute approximate surface area is 95.1 Å². The summed E-state index contributed by atoms with van der Waals surface area (Å²) < 4.78 is 5.24. The lowest BCUT2D eigenvalue weighted by molar-refractivity contribution is 0.401. The number of ether oxygens (including phenoxy) is 1. The molecule has 0 bridgehead atoms. The minimum absolute atomic E-state index is 0.281. The van der Waals surface area contributed by atoms with E-state index in [9.17, 15) is 5.11 Å². The lowest BCUT2D eigenvalue weighted by atomic mass is 10.0. The molecular weight excluding hydrogens is 200 g/mol. The smallest absolute Gasteiger partial charge is 0.126 e. The lowest BCUT2D eigenvalue weighted by Gasteiger charge is -2.10. The molecule has 0 spiro atoms. The fourth-order valence-electron chi connectivity index (χ4n) is 1.72. The summed E-state index contributed by atoms with van der Waals surface area (Å²) in [5.41, 5.74) is 1.98. The maximum absolute atomic E-state index is 9.80. The van der Waals surface area contributed by atoms with Crippen LogP contribution in [-0.2, 0) is 6.42 Å². The normalized spacial score (nSPS) is 10.1. The van der Waals surface area contributed by atoms with Crippen molar-refractivity contribution in [1.29, 1.82) is 0 Å². The third kappa shape index (κ3) is 2.16. The van der Waals surface area contributed by atoms with Crippen molar-refractivity contribution < 1.29 is 9.84 Å². The quantitative estimate of drug-likeness (QED) is 0.851. The predicted octanol–water partition coefficient (Wildman–Crippen LogP) is 2.99. The molecule has 2 rings (SSSR count). The average Bonchev–Trinajstić information content (AvgIpc) is 2.33. The van der Waals surface area contributed by atoms with E-state index in [-0.39, 0.29) is 5.75 Å². The first-order valence-corrected chi connectivity index (χ1v) is 5.20. The maximum atomic E-state index is 9.80. The molecule has 0 aliphatic rings. The Balaban J connectivity index is 2.34. The van der Waals surface area contributed by atoms with Crippen LogP contribution in [-0.4, -0.2) is 12.2 Å². The summed E-state index contributed by atoms with van der Waals surface area (Å²) >= 11 is 0. The highest BCUT2D eigenvalue weighted by molar-refractivity contribution is 5.46. The Hall–Kier alpha value is -1.96. The molecule has 0 amide bonds. The van der Waals surface area contributed by atoms with Gasteiger partial charge in [0.15, 0.2) is 0 Å². The zero-order valence-corrected chi connectivity index (χ0v) is 9.18. The van der Waals surface area contributed by atoms with E-state index in [0.717, 1.165) is 16.9 Å². The maximum Gasteiger partial charge on any atom is 0.126 e. The first kappa shape index (κ1) is 10.6. The largest absolute Gasteiger partial charge is 0.508 e. The van der Waals surface area contributed by atoms with Crippen LogP contribution in [0.25, 0.3) is 0 Å². The number of hydrogen-bond donors (Lipinski definition) is 1. The molecule has 2 heteroatoms. The van der Waals surface area contributed by atoms with E-state index in [1.54, 1.807) is 19.2 Å². The summed E-state index contributed by atoms with van der Waals surface area (Å²) in [7, 11) is 1.61. The summed E-state index contributed by atoms with van der Waals surface area (Å²) in [5, 5.41) is 9.80. The number of methoxy groups -OCH3 is 1. The van der Waals surface area contributed by atoms with Crippen molar-refractivity contribution in [2.75, 3.05) is 7.11 Å². The lowest BCUT2D eigenvalue weighted by Crippen LogP contribution is -1.94. The molecule has 0 radical (unpaired) electrons. The molecule has 2 aromatic carbocycles. The second kappa shape index (κ2) is 4.71. The number of rotatable bonds is 3. The monoisotopic (exact) mass is 214 g/mol. The Morgan fingerprint density at radius 3 is 2.44 bits per heavy atom. The topological polar surface area (TPSA) is 29.5 Å². The minimum atomic E-state index is 0.281. The standard InChI is InChI=1S/C14H14O2/c1-16-14-9-5-8-13(15)12(14)10-11-6-3-2-4-7-11/h2-9,15H,10H2,1H3. The van der Waals surface area contributed by atoms with Gasteiger partial charge in [0, 0.05) is 12.0 Å². The van der Waals surface area contributed by atoms with E-state index in [2.05, 4.69) is 0 Å².